The second kappa shape index (κ2) is 8.75. The Bertz CT molecular complexity index is 967. The Labute approximate surface area is 167 Å². The number of carboxylic acids is 1. The Morgan fingerprint density at radius 2 is 1.82 bits per heavy atom. The SMILES string of the molecule is COc1cc(CNc2nc(C)c(C(=O)[O-])s2)ccc1OCc1ccc(C)cc1. The normalized spacial score (nSPS) is 10.5. The summed E-state index contributed by atoms with van der Waals surface area (Å²) in [6.07, 6.45) is 0. The van der Waals surface area contributed by atoms with Crippen LogP contribution in [0.2, 0.25) is 0 Å². The van der Waals surface area contributed by atoms with Crippen molar-refractivity contribution in [1.82, 2.24) is 4.98 Å². The van der Waals surface area contributed by atoms with Gasteiger partial charge in [-0.25, -0.2) is 4.98 Å². The Kier molecular flexibility index (Phi) is 6.16. The minimum atomic E-state index is -1.21. The fourth-order valence-electron chi connectivity index (χ4n) is 2.63. The number of ether oxygens (including phenoxy) is 2. The maximum Gasteiger partial charge on any atom is 0.183 e. The minimum Gasteiger partial charge on any atom is -0.544 e. The van der Waals surface area contributed by atoms with E-state index in [4.69, 9.17) is 9.47 Å². The van der Waals surface area contributed by atoms with Crippen LogP contribution in [0.3, 0.4) is 0 Å². The zero-order valence-electron chi connectivity index (χ0n) is 15.9. The zero-order chi connectivity index (χ0) is 20.1. The first-order chi connectivity index (χ1) is 13.5. The lowest BCUT2D eigenvalue weighted by Gasteiger charge is -2.13. The molecular weight excluding hydrogens is 376 g/mol. The van der Waals surface area contributed by atoms with Gasteiger partial charge in [-0.05, 0) is 37.1 Å². The Balaban J connectivity index is 1.64. The van der Waals surface area contributed by atoms with Crippen LogP contribution in [0.15, 0.2) is 42.5 Å². The number of aromatic carboxylic acids is 1. The number of benzene rings is 2. The van der Waals surface area contributed by atoms with Gasteiger partial charge in [0.05, 0.1) is 23.7 Å². The summed E-state index contributed by atoms with van der Waals surface area (Å²) in [5.74, 6) is 0.0908. The molecule has 3 aromatic rings. The number of nitrogens with one attached hydrogen (secondary N) is 1. The van der Waals surface area contributed by atoms with Gasteiger partial charge in [0, 0.05) is 6.54 Å². The van der Waals surface area contributed by atoms with Gasteiger partial charge in [0.25, 0.3) is 0 Å². The molecule has 146 valence electrons. The van der Waals surface area contributed by atoms with Crippen LogP contribution in [-0.2, 0) is 13.2 Å². The molecule has 0 aliphatic carbocycles. The van der Waals surface area contributed by atoms with Crippen LogP contribution in [-0.4, -0.2) is 18.1 Å². The molecule has 1 heterocycles. The molecule has 0 atom stereocenters. The van der Waals surface area contributed by atoms with Crippen LogP contribution in [0.4, 0.5) is 5.13 Å². The highest BCUT2D eigenvalue weighted by Crippen LogP contribution is 2.30. The summed E-state index contributed by atoms with van der Waals surface area (Å²) in [5, 5.41) is 14.7. The molecular formula is C21H21N2O4S-. The minimum absolute atomic E-state index is 0.139. The fourth-order valence-corrected chi connectivity index (χ4v) is 3.42. The first-order valence-corrected chi connectivity index (χ1v) is 9.56. The van der Waals surface area contributed by atoms with Gasteiger partial charge < -0.3 is 24.7 Å². The highest BCUT2D eigenvalue weighted by atomic mass is 32.1. The van der Waals surface area contributed by atoms with Crippen LogP contribution in [0.1, 0.15) is 32.1 Å². The molecule has 1 aromatic heterocycles. The quantitative estimate of drug-likeness (QED) is 0.628. The number of aryl methyl sites for hydroxylation is 2. The van der Waals surface area contributed by atoms with E-state index in [0.29, 0.717) is 35.5 Å². The second-order valence-electron chi connectivity index (χ2n) is 6.33. The van der Waals surface area contributed by atoms with Crippen LogP contribution in [0, 0.1) is 13.8 Å². The number of aromatic nitrogens is 1. The smallest absolute Gasteiger partial charge is 0.183 e. The van der Waals surface area contributed by atoms with Gasteiger partial charge in [-0.1, -0.05) is 47.2 Å². The van der Waals surface area contributed by atoms with Crippen molar-refractivity contribution in [3.8, 4) is 11.5 Å². The molecule has 0 saturated heterocycles. The standard InChI is InChI=1S/C21H22N2O4S/c1-13-4-6-15(7-5-13)12-27-17-9-8-16(10-18(17)26-3)11-22-21-23-14(2)19(28-21)20(24)25/h4-10H,11-12H2,1-3H3,(H,22,23)(H,24,25)/p-1. The van der Waals surface area contributed by atoms with Crippen LogP contribution in [0.25, 0.3) is 0 Å². The number of carbonyl (C=O) groups is 1. The van der Waals surface area contributed by atoms with Crippen LogP contribution < -0.4 is 19.9 Å². The summed E-state index contributed by atoms with van der Waals surface area (Å²) < 4.78 is 11.3. The molecule has 1 N–H and O–H groups in total. The number of thiazole rings is 1. The predicted molar refractivity (Wildman–Crippen MR) is 107 cm³/mol. The molecule has 2 aromatic carbocycles. The number of carboxylic acid groups (broad SMARTS) is 1. The Morgan fingerprint density at radius 3 is 2.46 bits per heavy atom. The van der Waals surface area contributed by atoms with Gasteiger partial charge in [0.2, 0.25) is 0 Å². The third-order valence-electron chi connectivity index (χ3n) is 4.17. The van der Waals surface area contributed by atoms with Gasteiger partial charge in [-0.3, -0.25) is 0 Å². The highest BCUT2D eigenvalue weighted by Gasteiger charge is 2.10. The summed E-state index contributed by atoms with van der Waals surface area (Å²) in [4.78, 5) is 15.4. The van der Waals surface area contributed by atoms with Crippen molar-refractivity contribution < 1.29 is 19.4 Å². The molecule has 0 spiro atoms. The predicted octanol–water partition coefficient (Wildman–Crippen LogP) is 3.32. The largest absolute Gasteiger partial charge is 0.544 e. The van der Waals surface area contributed by atoms with Gasteiger partial charge in [-0.15, -0.1) is 0 Å². The van der Waals surface area contributed by atoms with Crippen molar-refractivity contribution in [3.63, 3.8) is 0 Å². The molecule has 0 fully saturated rings. The maximum absolute atomic E-state index is 11.0. The van der Waals surface area contributed by atoms with E-state index >= 15 is 0 Å². The molecule has 28 heavy (non-hydrogen) atoms. The van der Waals surface area contributed by atoms with E-state index in [1.54, 1.807) is 14.0 Å². The van der Waals surface area contributed by atoms with E-state index in [1.807, 2.05) is 37.3 Å². The molecule has 0 unspecified atom stereocenters. The molecule has 0 saturated carbocycles. The number of rotatable bonds is 8. The average molecular weight is 397 g/mol. The monoisotopic (exact) mass is 397 g/mol. The van der Waals surface area contributed by atoms with Crippen molar-refractivity contribution in [2.45, 2.75) is 27.0 Å². The van der Waals surface area contributed by atoms with Gasteiger partial charge >= 0.3 is 0 Å². The third-order valence-corrected chi connectivity index (χ3v) is 5.26. The Hall–Kier alpha value is -3.06. The average Bonchev–Trinajstić information content (AvgIpc) is 3.07. The molecule has 0 bridgehead atoms. The molecule has 6 nitrogen and oxygen atoms in total. The summed E-state index contributed by atoms with van der Waals surface area (Å²) >= 11 is 1.07. The molecule has 0 aliphatic heterocycles. The number of anilines is 1. The van der Waals surface area contributed by atoms with Crippen molar-refractivity contribution in [1.29, 1.82) is 0 Å². The molecule has 3 rings (SSSR count). The maximum atomic E-state index is 11.0. The first-order valence-electron chi connectivity index (χ1n) is 8.74. The van der Waals surface area contributed by atoms with Crippen LogP contribution >= 0.6 is 11.3 Å². The lowest BCUT2D eigenvalue weighted by molar-refractivity contribution is -0.254. The van der Waals surface area contributed by atoms with Crippen molar-refractivity contribution in [3.05, 3.63) is 69.7 Å². The lowest BCUT2D eigenvalue weighted by atomic mass is 10.1. The number of methoxy groups -OCH3 is 1. The van der Waals surface area contributed by atoms with Gasteiger partial charge in [0.1, 0.15) is 6.61 Å². The third kappa shape index (κ3) is 4.80. The Morgan fingerprint density at radius 1 is 1.11 bits per heavy atom. The number of hydrogen-bond acceptors (Lipinski definition) is 7. The van der Waals surface area contributed by atoms with E-state index in [0.717, 1.165) is 22.5 Å². The summed E-state index contributed by atoms with van der Waals surface area (Å²) in [5.41, 5.74) is 3.70. The fraction of sp³-hybridized carbons (Fsp3) is 0.238. The lowest BCUT2D eigenvalue weighted by Crippen LogP contribution is -2.21. The number of hydrogen-bond donors (Lipinski definition) is 1. The van der Waals surface area contributed by atoms with E-state index in [2.05, 4.69) is 22.4 Å². The molecule has 0 aliphatic rings. The zero-order valence-corrected chi connectivity index (χ0v) is 16.8. The van der Waals surface area contributed by atoms with E-state index in [1.165, 1.54) is 5.56 Å². The highest BCUT2D eigenvalue weighted by molar-refractivity contribution is 7.17. The molecule has 0 radical (unpaired) electrons. The summed E-state index contributed by atoms with van der Waals surface area (Å²) in [6, 6.07) is 13.9. The van der Waals surface area contributed by atoms with E-state index < -0.39 is 5.97 Å². The summed E-state index contributed by atoms with van der Waals surface area (Å²) in [7, 11) is 1.60. The van der Waals surface area contributed by atoms with E-state index in [-0.39, 0.29) is 4.88 Å². The van der Waals surface area contributed by atoms with Gasteiger partial charge in [-0.2, -0.15) is 0 Å². The summed E-state index contributed by atoms with van der Waals surface area (Å²) in [6.45, 7) is 4.63. The van der Waals surface area contributed by atoms with Crippen molar-refractivity contribution in [2.75, 3.05) is 12.4 Å². The second-order valence-corrected chi connectivity index (χ2v) is 7.33. The van der Waals surface area contributed by atoms with Gasteiger partial charge in [0.15, 0.2) is 16.6 Å². The molecule has 0 amide bonds. The van der Waals surface area contributed by atoms with Crippen LogP contribution in [0.5, 0.6) is 11.5 Å². The number of nitrogens with zero attached hydrogens (tertiary/aromatic N) is 1. The number of carbonyl (C=O) groups excluding carboxylic acids is 1. The molecule has 7 heteroatoms. The first kappa shape index (κ1) is 19.7. The van der Waals surface area contributed by atoms with Crippen molar-refractivity contribution >= 4 is 22.4 Å². The topological polar surface area (TPSA) is 83.5 Å². The van der Waals surface area contributed by atoms with Crippen molar-refractivity contribution in [2.24, 2.45) is 0 Å². The van der Waals surface area contributed by atoms with E-state index in [9.17, 15) is 9.90 Å².